The van der Waals surface area contributed by atoms with E-state index in [-0.39, 0.29) is 23.4 Å². The third kappa shape index (κ3) is 4.94. The van der Waals surface area contributed by atoms with Crippen LogP contribution >= 0.6 is 0 Å². The molecule has 0 saturated heterocycles. The Kier molecular flexibility index (Phi) is 8.20. The van der Waals surface area contributed by atoms with Crippen LogP contribution in [0.2, 0.25) is 5.54 Å². The van der Waals surface area contributed by atoms with Gasteiger partial charge in [-0.15, -0.1) is 0 Å². The molecule has 24 heavy (non-hydrogen) atoms. The molecule has 0 amide bonds. The number of carbonyl (C=O) groups is 1. The average molecular weight is 355 g/mol. The van der Waals surface area contributed by atoms with Crippen molar-refractivity contribution in [3.63, 3.8) is 0 Å². The number of unbranched alkanes of at least 4 members (excludes halogenated alkanes) is 1. The van der Waals surface area contributed by atoms with Crippen molar-refractivity contribution in [2.45, 2.75) is 38.1 Å². The topological polar surface area (TPSA) is 87.9 Å². The van der Waals surface area contributed by atoms with E-state index in [1.165, 1.54) is 45.6 Å². The van der Waals surface area contributed by atoms with E-state index in [2.05, 4.69) is 6.92 Å². The fourth-order valence-electron chi connectivity index (χ4n) is 2.72. The molecule has 1 aromatic carbocycles. The van der Waals surface area contributed by atoms with E-state index in [4.69, 9.17) is 13.3 Å². The second kappa shape index (κ2) is 9.63. The molecule has 1 unspecified atom stereocenters. The number of rotatable bonds is 11. The monoisotopic (exact) mass is 355 g/mol. The molecule has 0 aliphatic carbocycles. The molecule has 0 aliphatic heterocycles. The summed E-state index contributed by atoms with van der Waals surface area (Å²) >= 11 is 0. The van der Waals surface area contributed by atoms with Crippen molar-refractivity contribution in [2.24, 2.45) is 0 Å². The van der Waals surface area contributed by atoms with Gasteiger partial charge in [0.15, 0.2) is 5.78 Å². The van der Waals surface area contributed by atoms with E-state index >= 15 is 0 Å². The summed E-state index contributed by atoms with van der Waals surface area (Å²) in [6.07, 6.45) is 2.91. The van der Waals surface area contributed by atoms with Crippen molar-refractivity contribution in [1.82, 2.24) is 0 Å². The smallest absolute Gasteiger partial charge is 0.377 e. The summed E-state index contributed by atoms with van der Waals surface area (Å²) in [7, 11) is 1.67. The van der Waals surface area contributed by atoms with E-state index in [1.807, 2.05) is 0 Å². The van der Waals surface area contributed by atoms with Crippen molar-refractivity contribution in [2.75, 3.05) is 21.3 Å². The number of hydrogen-bond acceptors (Lipinski definition) is 6. The molecule has 7 nitrogen and oxygen atoms in total. The third-order valence-electron chi connectivity index (χ3n) is 4.09. The van der Waals surface area contributed by atoms with Gasteiger partial charge in [0, 0.05) is 51.0 Å². The largest absolute Gasteiger partial charge is 0.503 e. The number of Topliss-reactive ketones (excluding diaryl/α,β-unsaturated/α-hetero) is 1. The molecule has 0 spiro atoms. The molecule has 1 aromatic rings. The molecule has 134 valence electrons. The fraction of sp³-hybridized carbons (Fsp3) is 0.562. The van der Waals surface area contributed by atoms with Crippen molar-refractivity contribution in [3.05, 3.63) is 39.9 Å². The summed E-state index contributed by atoms with van der Waals surface area (Å²) in [5.41, 5.74) is 0.247. The number of nitrogens with zero attached hydrogens (tertiary/aromatic N) is 1. The van der Waals surface area contributed by atoms with E-state index < -0.39 is 13.7 Å². The zero-order valence-electron chi connectivity index (χ0n) is 14.6. The van der Waals surface area contributed by atoms with Gasteiger partial charge < -0.3 is 13.3 Å². The van der Waals surface area contributed by atoms with Crippen LogP contribution < -0.4 is 0 Å². The zero-order chi connectivity index (χ0) is 18.2. The quantitative estimate of drug-likeness (QED) is 0.261. The first-order valence-corrected chi connectivity index (χ1v) is 9.67. The molecule has 0 aliphatic rings. The molecule has 0 aromatic heterocycles. The normalized spacial score (nSPS) is 12.8. The van der Waals surface area contributed by atoms with Crippen LogP contribution in [-0.4, -0.2) is 40.8 Å². The first-order valence-electron chi connectivity index (χ1n) is 7.87. The number of benzene rings is 1. The van der Waals surface area contributed by atoms with Gasteiger partial charge in [-0.1, -0.05) is 19.8 Å². The highest BCUT2D eigenvalue weighted by atomic mass is 28.4. The van der Waals surface area contributed by atoms with Gasteiger partial charge in [0.2, 0.25) is 0 Å². The Morgan fingerprint density at radius 2 is 1.71 bits per heavy atom. The van der Waals surface area contributed by atoms with E-state index in [1.54, 1.807) is 0 Å². The molecule has 0 fully saturated rings. The van der Waals surface area contributed by atoms with Gasteiger partial charge in [0.1, 0.15) is 0 Å². The summed E-state index contributed by atoms with van der Waals surface area (Å²) in [4.78, 5) is 22.8. The highest BCUT2D eigenvalue weighted by Crippen LogP contribution is 2.34. The van der Waals surface area contributed by atoms with Crippen LogP contribution in [0.25, 0.3) is 0 Å². The lowest BCUT2D eigenvalue weighted by molar-refractivity contribution is -0.384. The molecule has 0 N–H and O–H groups in total. The fourth-order valence-corrected chi connectivity index (χ4v) is 5.21. The number of ketones is 1. The Morgan fingerprint density at radius 3 is 2.12 bits per heavy atom. The Bertz CT molecular complexity index is 536. The molecule has 0 saturated carbocycles. The average Bonchev–Trinajstić information content (AvgIpc) is 2.61. The number of nitro benzene ring substituents is 1. The summed E-state index contributed by atoms with van der Waals surface area (Å²) < 4.78 is 16.6. The molecule has 0 heterocycles. The predicted molar refractivity (Wildman–Crippen MR) is 92.1 cm³/mol. The lowest BCUT2D eigenvalue weighted by Gasteiger charge is -2.32. The summed E-state index contributed by atoms with van der Waals surface area (Å²) in [5, 5.41) is 10.7. The number of carbonyl (C=O) groups excluding carboxylic acids is 1. The Hall–Kier alpha value is -1.61. The molecule has 1 rings (SSSR count). The SMILES string of the molecule is CCCCC(CC(=O)c1ccc([N+](=O)[O-])cc1)[Si](OC)(OC)OC. The van der Waals surface area contributed by atoms with Crippen molar-refractivity contribution in [1.29, 1.82) is 0 Å². The second-order valence-corrected chi connectivity index (χ2v) is 8.73. The van der Waals surface area contributed by atoms with Gasteiger partial charge in [-0.05, 0) is 18.6 Å². The van der Waals surface area contributed by atoms with Gasteiger partial charge in [-0.2, -0.15) is 0 Å². The molecule has 1 atom stereocenters. The Morgan fingerprint density at radius 1 is 1.17 bits per heavy atom. The number of nitro groups is 1. The predicted octanol–water partition coefficient (Wildman–Crippen LogP) is 3.61. The minimum atomic E-state index is -2.94. The highest BCUT2D eigenvalue weighted by Gasteiger charge is 2.47. The Balaban J connectivity index is 2.96. The minimum absolute atomic E-state index is 0.0384. The third-order valence-corrected chi connectivity index (χ3v) is 7.29. The van der Waals surface area contributed by atoms with Gasteiger partial charge in [0.25, 0.3) is 5.69 Å². The van der Waals surface area contributed by atoms with Gasteiger partial charge in [0.05, 0.1) is 4.92 Å². The van der Waals surface area contributed by atoms with Crippen LogP contribution in [0.5, 0.6) is 0 Å². The lowest BCUT2D eigenvalue weighted by Crippen LogP contribution is -2.48. The standard InChI is InChI=1S/C16H25NO6Si/c1-5-6-7-15(24(21-2,22-3)23-4)12-16(18)13-8-10-14(11-9-13)17(19)20/h8-11,15H,5-7,12H2,1-4H3. The van der Waals surface area contributed by atoms with Crippen LogP contribution in [-0.2, 0) is 13.3 Å². The van der Waals surface area contributed by atoms with Gasteiger partial charge in [-0.3, -0.25) is 14.9 Å². The van der Waals surface area contributed by atoms with E-state index in [0.717, 1.165) is 19.3 Å². The summed E-state index contributed by atoms with van der Waals surface area (Å²) in [5.74, 6) is -0.103. The molecular formula is C16H25NO6Si. The molecular weight excluding hydrogens is 330 g/mol. The number of non-ortho nitro benzene ring substituents is 1. The van der Waals surface area contributed by atoms with Crippen molar-refractivity contribution < 1.29 is 23.0 Å². The van der Waals surface area contributed by atoms with Gasteiger partial charge >= 0.3 is 8.80 Å². The van der Waals surface area contributed by atoms with Crippen molar-refractivity contribution >= 4 is 20.3 Å². The molecule has 0 bridgehead atoms. The van der Waals surface area contributed by atoms with Crippen LogP contribution in [0.3, 0.4) is 0 Å². The molecule has 8 heteroatoms. The summed E-state index contributed by atoms with van der Waals surface area (Å²) in [6.45, 7) is 2.07. The second-order valence-electron chi connectivity index (χ2n) is 5.49. The summed E-state index contributed by atoms with van der Waals surface area (Å²) in [6, 6.07) is 5.63. The van der Waals surface area contributed by atoms with E-state index in [9.17, 15) is 14.9 Å². The van der Waals surface area contributed by atoms with Crippen molar-refractivity contribution in [3.8, 4) is 0 Å². The van der Waals surface area contributed by atoms with Crippen LogP contribution in [0, 0.1) is 10.1 Å². The van der Waals surface area contributed by atoms with Crippen LogP contribution in [0.4, 0.5) is 5.69 Å². The highest BCUT2D eigenvalue weighted by molar-refractivity contribution is 6.62. The first-order chi connectivity index (χ1) is 11.4. The maximum absolute atomic E-state index is 12.6. The maximum atomic E-state index is 12.6. The van der Waals surface area contributed by atoms with Crippen LogP contribution in [0.15, 0.2) is 24.3 Å². The Labute approximate surface area is 143 Å². The van der Waals surface area contributed by atoms with Crippen LogP contribution in [0.1, 0.15) is 43.0 Å². The molecule has 0 radical (unpaired) electrons. The minimum Gasteiger partial charge on any atom is -0.377 e. The maximum Gasteiger partial charge on any atom is 0.503 e. The van der Waals surface area contributed by atoms with E-state index in [0.29, 0.717) is 5.56 Å². The van der Waals surface area contributed by atoms with Gasteiger partial charge in [-0.25, -0.2) is 0 Å². The number of hydrogen-bond donors (Lipinski definition) is 0. The first kappa shape index (κ1) is 20.4. The zero-order valence-corrected chi connectivity index (χ0v) is 15.6. The lowest BCUT2D eigenvalue weighted by atomic mass is 10.0.